The molecule has 0 aliphatic heterocycles. The lowest BCUT2D eigenvalue weighted by Crippen LogP contribution is -2.35. The predicted molar refractivity (Wildman–Crippen MR) is 58.9 cm³/mol. The molecule has 1 heterocycles. The Balaban J connectivity index is 2.43. The highest BCUT2D eigenvalue weighted by atomic mass is 16.4. The summed E-state index contributed by atoms with van der Waals surface area (Å²) in [7, 11) is 1.73. The van der Waals surface area contributed by atoms with Crippen molar-refractivity contribution >= 4 is 18.0 Å². The minimum absolute atomic E-state index is 0.329. The van der Waals surface area contributed by atoms with Gasteiger partial charge in [-0.3, -0.25) is 9.48 Å². The number of hydrogen-bond acceptors (Lipinski definition) is 4. The Kier molecular flexibility index (Phi) is 4.41. The van der Waals surface area contributed by atoms with E-state index >= 15 is 0 Å². The van der Waals surface area contributed by atoms with E-state index in [-0.39, 0.29) is 6.54 Å². The van der Waals surface area contributed by atoms with Crippen molar-refractivity contribution in [3.8, 4) is 0 Å². The molecule has 0 saturated heterocycles. The number of carboxylic acid groups (broad SMARTS) is 1. The second-order valence-electron chi connectivity index (χ2n) is 3.31. The highest BCUT2D eigenvalue weighted by Crippen LogP contribution is 1.98. The van der Waals surface area contributed by atoms with E-state index in [0.717, 1.165) is 5.69 Å². The van der Waals surface area contributed by atoms with Crippen LogP contribution in [0.5, 0.6) is 0 Å². The number of aromatic nitrogens is 2. The molecule has 0 saturated carbocycles. The van der Waals surface area contributed by atoms with Gasteiger partial charge in [-0.25, -0.2) is 4.79 Å². The molecule has 0 radical (unpaired) electrons. The van der Waals surface area contributed by atoms with Crippen LogP contribution in [0.1, 0.15) is 5.69 Å². The molecular formula is C10H13N3O4. The molecule has 1 aromatic rings. The van der Waals surface area contributed by atoms with Gasteiger partial charge in [0.1, 0.15) is 0 Å². The lowest BCUT2D eigenvalue weighted by Gasteiger charge is -2.05. The van der Waals surface area contributed by atoms with Crippen LogP contribution in [0.4, 0.5) is 0 Å². The molecule has 1 amide bonds. The number of aliphatic hydroxyl groups is 1. The molecule has 0 bridgehead atoms. The van der Waals surface area contributed by atoms with Crippen LogP contribution in [-0.2, 0) is 16.6 Å². The van der Waals surface area contributed by atoms with Crippen molar-refractivity contribution in [3.05, 3.63) is 24.0 Å². The summed E-state index contributed by atoms with van der Waals surface area (Å²) in [6.07, 6.45) is 2.77. The first-order valence-corrected chi connectivity index (χ1v) is 4.85. The second kappa shape index (κ2) is 5.80. The standard InChI is InChI=1S/C10H13N3O4/c1-13-7(4-5-12-13)2-3-9(15)11-6-8(14)10(16)17/h2-5,8,14H,6H2,1H3,(H,11,15)(H,16,17). The Morgan fingerprint density at radius 2 is 2.35 bits per heavy atom. The number of aliphatic hydroxyl groups excluding tert-OH is 1. The molecule has 17 heavy (non-hydrogen) atoms. The Hall–Kier alpha value is -2.15. The van der Waals surface area contributed by atoms with E-state index in [1.807, 2.05) is 0 Å². The third-order valence-corrected chi connectivity index (χ3v) is 2.02. The molecule has 1 atom stereocenters. The van der Waals surface area contributed by atoms with Crippen molar-refractivity contribution < 1.29 is 19.8 Å². The van der Waals surface area contributed by atoms with Crippen molar-refractivity contribution in [1.82, 2.24) is 15.1 Å². The van der Waals surface area contributed by atoms with Crippen LogP contribution in [-0.4, -0.2) is 44.5 Å². The maximum Gasteiger partial charge on any atom is 0.334 e. The number of amides is 1. The third-order valence-electron chi connectivity index (χ3n) is 2.02. The molecule has 7 nitrogen and oxygen atoms in total. The minimum atomic E-state index is -1.59. The van der Waals surface area contributed by atoms with Crippen LogP contribution >= 0.6 is 0 Å². The van der Waals surface area contributed by atoms with Crippen molar-refractivity contribution in [2.75, 3.05) is 6.54 Å². The van der Waals surface area contributed by atoms with Crippen LogP contribution in [0.25, 0.3) is 6.08 Å². The monoisotopic (exact) mass is 239 g/mol. The highest BCUT2D eigenvalue weighted by molar-refractivity contribution is 5.91. The van der Waals surface area contributed by atoms with Gasteiger partial charge in [-0.15, -0.1) is 0 Å². The van der Waals surface area contributed by atoms with Gasteiger partial charge in [0.25, 0.3) is 0 Å². The number of aliphatic carboxylic acids is 1. The number of aryl methyl sites for hydroxylation is 1. The molecule has 0 spiro atoms. The van der Waals surface area contributed by atoms with Crippen LogP contribution in [0.2, 0.25) is 0 Å². The summed E-state index contributed by atoms with van der Waals surface area (Å²) in [5, 5.41) is 23.5. The quantitative estimate of drug-likeness (QED) is 0.571. The SMILES string of the molecule is Cn1nccc1C=CC(=O)NCC(O)C(=O)O. The number of nitrogens with one attached hydrogen (secondary N) is 1. The van der Waals surface area contributed by atoms with Crippen LogP contribution < -0.4 is 5.32 Å². The normalized spacial score (nSPS) is 12.6. The van der Waals surface area contributed by atoms with E-state index in [0.29, 0.717) is 0 Å². The van der Waals surface area contributed by atoms with Gasteiger partial charge in [-0.05, 0) is 12.1 Å². The Morgan fingerprint density at radius 3 is 2.88 bits per heavy atom. The number of carbonyl (C=O) groups is 2. The summed E-state index contributed by atoms with van der Waals surface area (Å²) in [5.74, 6) is -1.85. The summed E-state index contributed by atoms with van der Waals surface area (Å²) in [6, 6.07) is 1.72. The van der Waals surface area contributed by atoms with Gasteiger partial charge in [-0.2, -0.15) is 5.10 Å². The van der Waals surface area contributed by atoms with Crippen molar-refractivity contribution in [2.24, 2.45) is 7.05 Å². The number of carboxylic acids is 1. The van der Waals surface area contributed by atoms with Crippen LogP contribution in [0.3, 0.4) is 0 Å². The first-order chi connectivity index (χ1) is 8.00. The van der Waals surface area contributed by atoms with E-state index in [1.165, 1.54) is 12.2 Å². The summed E-state index contributed by atoms with van der Waals surface area (Å²) in [5.41, 5.74) is 0.735. The topological polar surface area (TPSA) is 104 Å². The first-order valence-electron chi connectivity index (χ1n) is 4.85. The highest BCUT2D eigenvalue weighted by Gasteiger charge is 2.12. The number of nitrogens with zero attached hydrogens (tertiary/aromatic N) is 2. The molecule has 0 aromatic carbocycles. The molecule has 1 rings (SSSR count). The zero-order valence-corrected chi connectivity index (χ0v) is 9.20. The molecular weight excluding hydrogens is 226 g/mol. The molecule has 7 heteroatoms. The fraction of sp³-hybridized carbons (Fsp3) is 0.300. The Labute approximate surface area is 97.4 Å². The zero-order valence-electron chi connectivity index (χ0n) is 9.20. The number of rotatable bonds is 5. The van der Waals surface area contributed by atoms with E-state index in [4.69, 9.17) is 10.2 Å². The number of carbonyl (C=O) groups excluding carboxylic acids is 1. The lowest BCUT2D eigenvalue weighted by atomic mass is 10.3. The van der Waals surface area contributed by atoms with E-state index < -0.39 is 18.0 Å². The van der Waals surface area contributed by atoms with Gasteiger partial charge in [0.05, 0.1) is 12.2 Å². The van der Waals surface area contributed by atoms with E-state index in [2.05, 4.69) is 10.4 Å². The fourth-order valence-corrected chi connectivity index (χ4v) is 1.05. The van der Waals surface area contributed by atoms with Gasteiger partial charge in [0.15, 0.2) is 6.10 Å². The third kappa shape index (κ3) is 4.07. The van der Waals surface area contributed by atoms with Crippen molar-refractivity contribution in [1.29, 1.82) is 0 Å². The van der Waals surface area contributed by atoms with E-state index in [9.17, 15) is 9.59 Å². The lowest BCUT2D eigenvalue weighted by molar-refractivity contribution is -0.146. The molecule has 0 aliphatic carbocycles. The predicted octanol–water partition coefficient (Wildman–Crippen LogP) is -1.01. The summed E-state index contributed by atoms with van der Waals surface area (Å²) in [6.45, 7) is -0.329. The molecule has 92 valence electrons. The second-order valence-corrected chi connectivity index (χ2v) is 3.31. The summed E-state index contributed by atoms with van der Waals surface area (Å²) >= 11 is 0. The summed E-state index contributed by atoms with van der Waals surface area (Å²) in [4.78, 5) is 21.5. The summed E-state index contributed by atoms with van der Waals surface area (Å²) < 4.78 is 1.58. The maximum atomic E-state index is 11.2. The Morgan fingerprint density at radius 1 is 1.65 bits per heavy atom. The van der Waals surface area contributed by atoms with Gasteiger partial charge < -0.3 is 15.5 Å². The number of hydrogen-bond donors (Lipinski definition) is 3. The molecule has 1 unspecified atom stereocenters. The Bertz CT molecular complexity index is 439. The van der Waals surface area contributed by atoms with Crippen molar-refractivity contribution in [3.63, 3.8) is 0 Å². The maximum absolute atomic E-state index is 11.2. The first kappa shape index (κ1) is 12.9. The van der Waals surface area contributed by atoms with Gasteiger partial charge >= 0.3 is 5.97 Å². The van der Waals surface area contributed by atoms with Gasteiger partial charge in [0.2, 0.25) is 5.91 Å². The van der Waals surface area contributed by atoms with Gasteiger partial charge in [-0.1, -0.05) is 0 Å². The van der Waals surface area contributed by atoms with E-state index in [1.54, 1.807) is 24.0 Å². The molecule has 3 N–H and O–H groups in total. The van der Waals surface area contributed by atoms with Crippen LogP contribution in [0.15, 0.2) is 18.3 Å². The molecule has 1 aromatic heterocycles. The van der Waals surface area contributed by atoms with Gasteiger partial charge in [0, 0.05) is 19.3 Å². The molecule has 0 aliphatic rings. The van der Waals surface area contributed by atoms with Crippen LogP contribution in [0, 0.1) is 0 Å². The minimum Gasteiger partial charge on any atom is -0.479 e. The largest absolute Gasteiger partial charge is 0.479 e. The zero-order chi connectivity index (χ0) is 12.8. The molecule has 0 fully saturated rings. The average Bonchev–Trinajstić information content (AvgIpc) is 2.68. The fourth-order valence-electron chi connectivity index (χ4n) is 1.05. The van der Waals surface area contributed by atoms with Crippen molar-refractivity contribution in [2.45, 2.75) is 6.10 Å². The smallest absolute Gasteiger partial charge is 0.334 e. The average molecular weight is 239 g/mol.